The normalized spacial score (nSPS) is 15.7. The van der Waals surface area contributed by atoms with Crippen molar-refractivity contribution >= 4 is 29.6 Å². The summed E-state index contributed by atoms with van der Waals surface area (Å²) in [4.78, 5) is 37.9. The topological polar surface area (TPSA) is 84.9 Å². The van der Waals surface area contributed by atoms with Gasteiger partial charge in [0.1, 0.15) is 22.9 Å². The van der Waals surface area contributed by atoms with Gasteiger partial charge in [0.2, 0.25) is 0 Å². The van der Waals surface area contributed by atoms with Crippen molar-refractivity contribution in [2.75, 3.05) is 19.1 Å². The van der Waals surface area contributed by atoms with Gasteiger partial charge in [-0.05, 0) is 48.5 Å². The predicted molar refractivity (Wildman–Crippen MR) is 94.9 cm³/mol. The number of benzene rings is 2. The molecule has 0 saturated carbocycles. The number of carbonyl (C=O) groups excluding carboxylic acids is 3. The van der Waals surface area contributed by atoms with Gasteiger partial charge in [-0.1, -0.05) is 0 Å². The highest BCUT2D eigenvalue weighted by Gasteiger charge is 2.37. The third-order valence-corrected chi connectivity index (χ3v) is 3.92. The summed E-state index contributed by atoms with van der Waals surface area (Å²) in [7, 11) is 2.92. The Kier molecular flexibility index (Phi) is 4.89. The second-order valence-corrected chi connectivity index (χ2v) is 5.54. The molecular weight excluding hydrogens is 355 g/mol. The average Bonchev–Trinajstić information content (AvgIpc) is 2.66. The maximum absolute atomic E-state index is 13.1. The third kappa shape index (κ3) is 3.50. The molecular formula is C19H15FN2O5. The first-order valence-corrected chi connectivity index (χ1v) is 7.83. The minimum absolute atomic E-state index is 0.134. The van der Waals surface area contributed by atoms with Crippen LogP contribution in [0.1, 0.15) is 5.56 Å². The van der Waals surface area contributed by atoms with Gasteiger partial charge in [0, 0.05) is 5.56 Å². The van der Waals surface area contributed by atoms with Crippen LogP contribution in [0, 0.1) is 5.82 Å². The number of nitrogens with zero attached hydrogens (tertiary/aromatic N) is 1. The van der Waals surface area contributed by atoms with Crippen LogP contribution in [0.5, 0.6) is 11.5 Å². The van der Waals surface area contributed by atoms with Crippen molar-refractivity contribution in [3.8, 4) is 11.5 Å². The van der Waals surface area contributed by atoms with E-state index in [1.165, 1.54) is 32.4 Å². The molecule has 0 aromatic heterocycles. The summed E-state index contributed by atoms with van der Waals surface area (Å²) >= 11 is 0. The number of hydrogen-bond donors (Lipinski definition) is 1. The van der Waals surface area contributed by atoms with E-state index in [-0.39, 0.29) is 11.3 Å². The zero-order valence-electron chi connectivity index (χ0n) is 14.5. The van der Waals surface area contributed by atoms with Crippen molar-refractivity contribution in [3.63, 3.8) is 0 Å². The summed E-state index contributed by atoms with van der Waals surface area (Å²) in [6.45, 7) is 0. The Hall–Kier alpha value is -3.68. The quantitative estimate of drug-likeness (QED) is 0.660. The summed E-state index contributed by atoms with van der Waals surface area (Å²) in [6, 6.07) is 8.73. The largest absolute Gasteiger partial charge is 0.497 e. The number of imide groups is 2. The highest BCUT2D eigenvalue weighted by atomic mass is 19.1. The van der Waals surface area contributed by atoms with Crippen molar-refractivity contribution in [2.45, 2.75) is 0 Å². The molecule has 0 atom stereocenters. The number of amides is 4. The second kappa shape index (κ2) is 7.28. The molecule has 2 aromatic carbocycles. The van der Waals surface area contributed by atoms with E-state index in [9.17, 15) is 18.8 Å². The Morgan fingerprint density at radius 2 is 1.70 bits per heavy atom. The number of hydrogen-bond acceptors (Lipinski definition) is 5. The van der Waals surface area contributed by atoms with E-state index in [0.29, 0.717) is 17.1 Å². The maximum Gasteiger partial charge on any atom is 0.335 e. The van der Waals surface area contributed by atoms with Gasteiger partial charge >= 0.3 is 6.03 Å². The lowest BCUT2D eigenvalue weighted by Crippen LogP contribution is -2.54. The van der Waals surface area contributed by atoms with Crippen LogP contribution in [0.2, 0.25) is 0 Å². The molecule has 1 aliphatic rings. The van der Waals surface area contributed by atoms with Crippen LogP contribution in [0.15, 0.2) is 48.0 Å². The highest BCUT2D eigenvalue weighted by Crippen LogP contribution is 2.28. The van der Waals surface area contributed by atoms with Gasteiger partial charge < -0.3 is 9.47 Å². The predicted octanol–water partition coefficient (Wildman–Crippen LogP) is 2.51. The Labute approximate surface area is 154 Å². The molecule has 3 rings (SSSR count). The van der Waals surface area contributed by atoms with Crippen LogP contribution in [-0.2, 0) is 9.59 Å². The van der Waals surface area contributed by atoms with Gasteiger partial charge in [0.05, 0.1) is 19.9 Å². The molecule has 1 aliphatic heterocycles. The lowest BCUT2D eigenvalue weighted by Gasteiger charge is -2.26. The van der Waals surface area contributed by atoms with Gasteiger partial charge in [-0.2, -0.15) is 0 Å². The zero-order chi connectivity index (χ0) is 19.6. The van der Waals surface area contributed by atoms with E-state index >= 15 is 0 Å². The van der Waals surface area contributed by atoms with Crippen molar-refractivity contribution in [1.29, 1.82) is 0 Å². The van der Waals surface area contributed by atoms with Crippen LogP contribution < -0.4 is 19.7 Å². The van der Waals surface area contributed by atoms with Crippen LogP contribution in [-0.4, -0.2) is 32.1 Å². The summed E-state index contributed by atoms with van der Waals surface area (Å²) < 4.78 is 23.5. The smallest absolute Gasteiger partial charge is 0.335 e. The lowest BCUT2D eigenvalue weighted by atomic mass is 10.1. The van der Waals surface area contributed by atoms with E-state index < -0.39 is 23.7 Å². The highest BCUT2D eigenvalue weighted by molar-refractivity contribution is 6.39. The molecule has 8 heteroatoms. The maximum atomic E-state index is 13.1. The molecule has 1 heterocycles. The molecule has 1 fully saturated rings. The summed E-state index contributed by atoms with van der Waals surface area (Å²) in [6.07, 6.45) is 1.31. The molecule has 7 nitrogen and oxygen atoms in total. The monoisotopic (exact) mass is 370 g/mol. The van der Waals surface area contributed by atoms with Gasteiger partial charge in [0.25, 0.3) is 11.8 Å². The number of halogens is 1. The van der Waals surface area contributed by atoms with E-state index in [1.807, 2.05) is 0 Å². The molecule has 1 saturated heterocycles. The molecule has 0 aliphatic carbocycles. The molecule has 0 radical (unpaired) electrons. The van der Waals surface area contributed by atoms with E-state index in [0.717, 1.165) is 17.0 Å². The molecule has 0 bridgehead atoms. The molecule has 0 spiro atoms. The van der Waals surface area contributed by atoms with E-state index in [1.54, 1.807) is 18.2 Å². The fourth-order valence-electron chi connectivity index (χ4n) is 2.59. The Morgan fingerprint density at radius 1 is 1.00 bits per heavy atom. The van der Waals surface area contributed by atoms with Crippen LogP contribution in [0.25, 0.3) is 6.08 Å². The Morgan fingerprint density at radius 3 is 2.33 bits per heavy atom. The SMILES string of the molecule is COc1ccc(OC)c(C=C2C(=O)NC(=O)N(c3ccc(F)cc3)C2=O)c1. The Balaban J connectivity index is 2.05. The van der Waals surface area contributed by atoms with Gasteiger partial charge in [0.15, 0.2) is 0 Å². The van der Waals surface area contributed by atoms with Crippen LogP contribution >= 0.6 is 0 Å². The second-order valence-electron chi connectivity index (χ2n) is 5.54. The first-order chi connectivity index (χ1) is 12.9. The Bertz CT molecular complexity index is 953. The number of carbonyl (C=O) groups is 3. The minimum atomic E-state index is -0.911. The number of nitrogens with one attached hydrogen (secondary N) is 1. The molecule has 1 N–H and O–H groups in total. The van der Waals surface area contributed by atoms with Crippen LogP contribution in [0.3, 0.4) is 0 Å². The lowest BCUT2D eigenvalue weighted by molar-refractivity contribution is -0.122. The first kappa shape index (κ1) is 18.1. The number of ether oxygens (including phenoxy) is 2. The van der Waals surface area contributed by atoms with Crippen molar-refractivity contribution < 1.29 is 28.2 Å². The van der Waals surface area contributed by atoms with Gasteiger partial charge in [-0.25, -0.2) is 14.1 Å². The number of barbiturate groups is 1. The van der Waals surface area contributed by atoms with E-state index in [2.05, 4.69) is 5.32 Å². The van der Waals surface area contributed by atoms with Crippen LogP contribution in [0.4, 0.5) is 14.9 Å². The number of rotatable bonds is 4. The van der Waals surface area contributed by atoms with Crippen molar-refractivity contribution in [1.82, 2.24) is 5.32 Å². The standard InChI is InChI=1S/C19H15FN2O5/c1-26-14-7-8-16(27-2)11(9-14)10-15-17(23)21-19(25)22(18(15)24)13-5-3-12(20)4-6-13/h3-10H,1-2H3,(H,21,23,25). The number of urea groups is 1. The number of anilines is 1. The number of methoxy groups -OCH3 is 2. The van der Waals surface area contributed by atoms with E-state index in [4.69, 9.17) is 9.47 Å². The van der Waals surface area contributed by atoms with Crippen molar-refractivity contribution in [2.24, 2.45) is 0 Å². The fourth-order valence-corrected chi connectivity index (χ4v) is 2.59. The molecule has 27 heavy (non-hydrogen) atoms. The fraction of sp³-hybridized carbons (Fsp3) is 0.105. The molecule has 0 unspecified atom stereocenters. The first-order valence-electron chi connectivity index (χ1n) is 7.83. The zero-order valence-corrected chi connectivity index (χ0v) is 14.5. The summed E-state index contributed by atoms with van der Waals surface area (Å²) in [5, 5.41) is 2.10. The summed E-state index contributed by atoms with van der Waals surface area (Å²) in [5.41, 5.74) is 0.282. The summed E-state index contributed by atoms with van der Waals surface area (Å²) in [5.74, 6) is -1.28. The average molecular weight is 370 g/mol. The van der Waals surface area contributed by atoms with Gasteiger partial charge in [-0.15, -0.1) is 0 Å². The van der Waals surface area contributed by atoms with Crippen molar-refractivity contribution in [3.05, 3.63) is 59.4 Å². The molecule has 138 valence electrons. The third-order valence-electron chi connectivity index (χ3n) is 3.92. The molecule has 4 amide bonds. The molecule has 2 aromatic rings. The minimum Gasteiger partial charge on any atom is -0.497 e. The van der Waals surface area contributed by atoms with Gasteiger partial charge in [-0.3, -0.25) is 14.9 Å².